The van der Waals surface area contributed by atoms with Crippen molar-refractivity contribution in [2.75, 3.05) is 6.54 Å². The molecule has 0 atom stereocenters. The Balaban J connectivity index is 3.24. The number of nitrogens with two attached hydrogens (primary N) is 1. The second-order valence-electron chi connectivity index (χ2n) is 2.90. The first-order valence-corrected chi connectivity index (χ1v) is 4.35. The van der Waals surface area contributed by atoms with Crippen molar-refractivity contribution < 1.29 is 10.2 Å². The maximum absolute atomic E-state index is 9.49. The summed E-state index contributed by atoms with van der Waals surface area (Å²) in [6, 6.07) is 1.68. The zero-order valence-corrected chi connectivity index (χ0v) is 8.10. The Kier molecular flexibility index (Phi) is 3.01. The molecule has 0 bridgehead atoms. The molecule has 72 valence electrons. The number of hydrogen-bond acceptors (Lipinski definition) is 3. The van der Waals surface area contributed by atoms with Gasteiger partial charge in [-0.25, -0.2) is 0 Å². The Labute approximate surface area is 81.8 Å². The molecule has 13 heavy (non-hydrogen) atoms. The Morgan fingerprint density at radius 3 is 2.54 bits per heavy atom. The van der Waals surface area contributed by atoms with Crippen LogP contribution in [0.4, 0.5) is 0 Å². The van der Waals surface area contributed by atoms with Crippen LogP contribution in [-0.4, -0.2) is 16.8 Å². The van der Waals surface area contributed by atoms with Crippen LogP contribution in [0.25, 0.3) is 0 Å². The predicted molar refractivity (Wildman–Crippen MR) is 52.3 cm³/mol. The van der Waals surface area contributed by atoms with Gasteiger partial charge in [0.05, 0.1) is 0 Å². The Morgan fingerprint density at radius 2 is 2.00 bits per heavy atom. The van der Waals surface area contributed by atoms with Gasteiger partial charge in [0.25, 0.3) is 0 Å². The number of halogens is 1. The summed E-state index contributed by atoms with van der Waals surface area (Å²) in [5, 5.41) is 18.8. The van der Waals surface area contributed by atoms with Gasteiger partial charge in [0.2, 0.25) is 0 Å². The summed E-state index contributed by atoms with van der Waals surface area (Å²) < 4.78 is 0. The summed E-state index contributed by atoms with van der Waals surface area (Å²) in [6.07, 6.45) is 0.548. The summed E-state index contributed by atoms with van der Waals surface area (Å²) >= 11 is 5.68. The first kappa shape index (κ1) is 10.2. The van der Waals surface area contributed by atoms with Crippen molar-refractivity contribution in [2.45, 2.75) is 13.3 Å². The Hall–Kier alpha value is -0.930. The van der Waals surface area contributed by atoms with Crippen LogP contribution < -0.4 is 5.73 Å². The molecule has 0 spiro atoms. The minimum atomic E-state index is -0.0739. The first-order chi connectivity index (χ1) is 6.07. The average Bonchev–Trinajstić information content (AvgIpc) is 2.11. The molecule has 0 aromatic heterocycles. The number of phenols is 2. The standard InChI is InChI=1S/C9H12ClNO2/c1-5-4-6(2-3-11)9(13)7(10)8(5)12/h4,12-13H,2-3,11H2,1H3. The normalized spacial score (nSPS) is 10.4. The highest BCUT2D eigenvalue weighted by atomic mass is 35.5. The summed E-state index contributed by atoms with van der Waals surface area (Å²) in [4.78, 5) is 0. The quantitative estimate of drug-likeness (QED) is 0.681. The van der Waals surface area contributed by atoms with Gasteiger partial charge in [0.15, 0.2) is 0 Å². The number of rotatable bonds is 2. The van der Waals surface area contributed by atoms with E-state index in [0.29, 0.717) is 24.1 Å². The monoisotopic (exact) mass is 201 g/mol. The zero-order valence-electron chi connectivity index (χ0n) is 7.34. The largest absolute Gasteiger partial charge is 0.506 e. The van der Waals surface area contributed by atoms with Crippen LogP contribution in [0.5, 0.6) is 11.5 Å². The molecule has 0 radical (unpaired) electrons. The molecule has 1 aromatic rings. The van der Waals surface area contributed by atoms with E-state index in [-0.39, 0.29) is 16.5 Å². The Bertz CT molecular complexity index is 326. The molecule has 1 rings (SSSR count). The first-order valence-electron chi connectivity index (χ1n) is 3.98. The topological polar surface area (TPSA) is 66.5 Å². The van der Waals surface area contributed by atoms with Gasteiger partial charge >= 0.3 is 0 Å². The van der Waals surface area contributed by atoms with Gasteiger partial charge in [-0.05, 0) is 37.1 Å². The molecule has 0 saturated heterocycles. The van der Waals surface area contributed by atoms with Crippen LogP contribution in [0.1, 0.15) is 11.1 Å². The van der Waals surface area contributed by atoms with Crippen LogP contribution in [-0.2, 0) is 6.42 Å². The van der Waals surface area contributed by atoms with Crippen LogP contribution in [0.15, 0.2) is 6.07 Å². The summed E-state index contributed by atoms with van der Waals surface area (Å²) in [7, 11) is 0. The maximum Gasteiger partial charge on any atom is 0.141 e. The fourth-order valence-corrected chi connectivity index (χ4v) is 1.44. The van der Waals surface area contributed by atoms with Crippen molar-refractivity contribution in [3.63, 3.8) is 0 Å². The van der Waals surface area contributed by atoms with E-state index in [1.807, 2.05) is 0 Å². The highest BCUT2D eigenvalue weighted by Gasteiger charge is 2.12. The number of phenolic OH excluding ortho intramolecular Hbond substituents is 2. The van der Waals surface area contributed by atoms with Crippen molar-refractivity contribution in [1.29, 1.82) is 0 Å². The lowest BCUT2D eigenvalue weighted by Crippen LogP contribution is -2.03. The second-order valence-corrected chi connectivity index (χ2v) is 3.28. The molecule has 0 aliphatic carbocycles. The summed E-state index contributed by atoms with van der Waals surface area (Å²) in [6.45, 7) is 2.16. The van der Waals surface area contributed by atoms with Crippen molar-refractivity contribution in [3.05, 3.63) is 22.2 Å². The Morgan fingerprint density at radius 1 is 1.38 bits per heavy atom. The molecule has 0 amide bonds. The highest BCUT2D eigenvalue weighted by molar-refractivity contribution is 6.33. The fourth-order valence-electron chi connectivity index (χ4n) is 1.17. The van der Waals surface area contributed by atoms with Gasteiger partial charge < -0.3 is 15.9 Å². The van der Waals surface area contributed by atoms with Gasteiger partial charge in [-0.2, -0.15) is 0 Å². The average molecular weight is 202 g/mol. The highest BCUT2D eigenvalue weighted by Crippen LogP contribution is 2.38. The number of aryl methyl sites for hydroxylation is 1. The molecule has 3 nitrogen and oxygen atoms in total. The summed E-state index contributed by atoms with van der Waals surface area (Å²) in [5.74, 6) is -0.143. The smallest absolute Gasteiger partial charge is 0.141 e. The van der Waals surface area contributed by atoms with E-state index in [2.05, 4.69) is 0 Å². The van der Waals surface area contributed by atoms with Gasteiger partial charge in [-0.1, -0.05) is 11.6 Å². The van der Waals surface area contributed by atoms with Crippen LogP contribution in [0, 0.1) is 6.92 Å². The number of aromatic hydroxyl groups is 2. The lowest BCUT2D eigenvalue weighted by molar-refractivity contribution is 0.444. The molecule has 0 aliphatic rings. The van der Waals surface area contributed by atoms with E-state index in [9.17, 15) is 10.2 Å². The van der Waals surface area contributed by atoms with Crippen molar-refractivity contribution in [1.82, 2.24) is 0 Å². The van der Waals surface area contributed by atoms with Gasteiger partial charge in [-0.15, -0.1) is 0 Å². The number of benzene rings is 1. The fraction of sp³-hybridized carbons (Fsp3) is 0.333. The van der Waals surface area contributed by atoms with Crippen molar-refractivity contribution in [2.24, 2.45) is 5.73 Å². The minimum absolute atomic E-state index is 0.00319. The third-order valence-corrected chi connectivity index (χ3v) is 2.26. The molecule has 1 aromatic carbocycles. The zero-order chi connectivity index (χ0) is 10.0. The number of hydrogen-bond donors (Lipinski definition) is 3. The molecule has 0 fully saturated rings. The molecule has 0 unspecified atom stereocenters. The van der Waals surface area contributed by atoms with Gasteiger partial charge in [0.1, 0.15) is 16.5 Å². The van der Waals surface area contributed by atoms with Crippen LogP contribution in [0.3, 0.4) is 0 Å². The van der Waals surface area contributed by atoms with Crippen molar-refractivity contribution >= 4 is 11.6 Å². The van der Waals surface area contributed by atoms with E-state index in [0.717, 1.165) is 0 Å². The molecule has 0 aliphatic heterocycles. The van der Waals surface area contributed by atoms with E-state index in [4.69, 9.17) is 17.3 Å². The maximum atomic E-state index is 9.49. The lowest BCUT2D eigenvalue weighted by atomic mass is 10.1. The molecule has 0 saturated carbocycles. The lowest BCUT2D eigenvalue weighted by Gasteiger charge is -2.08. The molecule has 4 N–H and O–H groups in total. The van der Waals surface area contributed by atoms with E-state index >= 15 is 0 Å². The van der Waals surface area contributed by atoms with Gasteiger partial charge in [-0.3, -0.25) is 0 Å². The third-order valence-electron chi connectivity index (χ3n) is 1.90. The SMILES string of the molecule is Cc1cc(CCN)c(O)c(Cl)c1O. The van der Waals surface area contributed by atoms with E-state index < -0.39 is 0 Å². The predicted octanol–water partition coefficient (Wildman–Crippen LogP) is 1.56. The second kappa shape index (κ2) is 3.85. The van der Waals surface area contributed by atoms with Crippen molar-refractivity contribution in [3.8, 4) is 11.5 Å². The molecular formula is C9H12ClNO2. The van der Waals surface area contributed by atoms with Crippen LogP contribution in [0.2, 0.25) is 5.02 Å². The van der Waals surface area contributed by atoms with Gasteiger partial charge in [0, 0.05) is 0 Å². The minimum Gasteiger partial charge on any atom is -0.506 e. The van der Waals surface area contributed by atoms with E-state index in [1.54, 1.807) is 13.0 Å². The van der Waals surface area contributed by atoms with E-state index in [1.165, 1.54) is 0 Å². The molecule has 4 heteroatoms. The van der Waals surface area contributed by atoms with Crippen LogP contribution >= 0.6 is 11.6 Å². The molecular weight excluding hydrogens is 190 g/mol. The molecule has 0 heterocycles. The third kappa shape index (κ3) is 1.87. The summed E-state index contributed by atoms with van der Waals surface area (Å²) in [5.41, 5.74) is 6.66.